The van der Waals surface area contributed by atoms with E-state index in [1.54, 1.807) is 18.2 Å². The standard InChI is InChI=1S/C27H25N3O3S/c1-3-33-22-14-12-20(13-15-22)27-28-21(17-34-27)16-25(31)29-23-10-7-11-24(18(23)2)30-26(32)19-8-5-4-6-9-19/h4-15,17H,3,16H2,1-2H3,(H,29,31)(H,30,32). The number of hydrogen-bond acceptors (Lipinski definition) is 5. The van der Waals surface area contributed by atoms with Gasteiger partial charge in [-0.05, 0) is 67.9 Å². The zero-order chi connectivity index (χ0) is 23.9. The number of ether oxygens (including phenoxy) is 1. The molecule has 1 aromatic heterocycles. The quantitative estimate of drug-likeness (QED) is 0.333. The fraction of sp³-hybridized carbons (Fsp3) is 0.148. The van der Waals surface area contributed by atoms with Gasteiger partial charge in [0.1, 0.15) is 10.8 Å². The predicted molar refractivity (Wildman–Crippen MR) is 137 cm³/mol. The first kappa shape index (κ1) is 23.2. The van der Waals surface area contributed by atoms with E-state index in [0.717, 1.165) is 21.9 Å². The van der Waals surface area contributed by atoms with Crippen LogP contribution in [0.4, 0.5) is 11.4 Å². The Bertz CT molecular complexity index is 1280. The number of amides is 2. The van der Waals surface area contributed by atoms with Gasteiger partial charge in [-0.15, -0.1) is 11.3 Å². The Hall–Kier alpha value is -3.97. The summed E-state index contributed by atoms with van der Waals surface area (Å²) in [7, 11) is 0. The van der Waals surface area contributed by atoms with E-state index in [9.17, 15) is 9.59 Å². The molecule has 0 unspecified atom stereocenters. The molecule has 3 aromatic carbocycles. The van der Waals surface area contributed by atoms with E-state index in [0.29, 0.717) is 29.2 Å². The first-order valence-electron chi connectivity index (χ1n) is 11.0. The molecule has 0 aliphatic heterocycles. The molecular formula is C27H25N3O3S. The Labute approximate surface area is 202 Å². The molecule has 0 saturated carbocycles. The molecule has 0 radical (unpaired) electrons. The lowest BCUT2D eigenvalue weighted by Gasteiger charge is -2.13. The third kappa shape index (κ3) is 5.68. The van der Waals surface area contributed by atoms with Crippen LogP contribution >= 0.6 is 11.3 Å². The molecule has 0 aliphatic carbocycles. The van der Waals surface area contributed by atoms with Crippen LogP contribution in [-0.4, -0.2) is 23.4 Å². The number of nitrogens with one attached hydrogen (secondary N) is 2. The van der Waals surface area contributed by atoms with Gasteiger partial charge in [0.2, 0.25) is 5.91 Å². The Morgan fingerprint density at radius 2 is 1.62 bits per heavy atom. The van der Waals surface area contributed by atoms with Crippen molar-refractivity contribution < 1.29 is 14.3 Å². The summed E-state index contributed by atoms with van der Waals surface area (Å²) in [6, 6.07) is 22.2. The van der Waals surface area contributed by atoms with Crippen molar-refractivity contribution in [1.29, 1.82) is 0 Å². The zero-order valence-corrected chi connectivity index (χ0v) is 19.8. The molecular weight excluding hydrogens is 446 g/mol. The topological polar surface area (TPSA) is 80.3 Å². The van der Waals surface area contributed by atoms with Crippen molar-refractivity contribution in [3.05, 3.63) is 95.0 Å². The summed E-state index contributed by atoms with van der Waals surface area (Å²) in [4.78, 5) is 29.8. The van der Waals surface area contributed by atoms with Crippen molar-refractivity contribution in [2.24, 2.45) is 0 Å². The SMILES string of the molecule is CCOc1ccc(-c2nc(CC(=O)Nc3cccc(NC(=O)c4ccccc4)c3C)cs2)cc1. The minimum atomic E-state index is -0.198. The monoisotopic (exact) mass is 471 g/mol. The van der Waals surface area contributed by atoms with E-state index >= 15 is 0 Å². The van der Waals surface area contributed by atoms with Crippen molar-refractivity contribution in [2.45, 2.75) is 20.3 Å². The summed E-state index contributed by atoms with van der Waals surface area (Å²) >= 11 is 1.50. The molecule has 4 rings (SSSR count). The lowest BCUT2D eigenvalue weighted by atomic mass is 10.1. The molecule has 7 heteroatoms. The number of thiazole rings is 1. The number of benzene rings is 3. The molecule has 34 heavy (non-hydrogen) atoms. The number of anilines is 2. The first-order chi connectivity index (χ1) is 16.5. The third-order valence-electron chi connectivity index (χ3n) is 5.20. The normalized spacial score (nSPS) is 10.5. The van der Waals surface area contributed by atoms with Crippen molar-refractivity contribution in [3.63, 3.8) is 0 Å². The predicted octanol–water partition coefficient (Wildman–Crippen LogP) is 5.95. The third-order valence-corrected chi connectivity index (χ3v) is 6.14. The van der Waals surface area contributed by atoms with Gasteiger partial charge in [0, 0.05) is 27.9 Å². The molecule has 2 amide bonds. The Morgan fingerprint density at radius 3 is 2.32 bits per heavy atom. The molecule has 0 atom stereocenters. The second-order valence-corrected chi connectivity index (χ2v) is 8.48. The van der Waals surface area contributed by atoms with Crippen molar-refractivity contribution >= 4 is 34.5 Å². The van der Waals surface area contributed by atoms with Crippen LogP contribution in [0.2, 0.25) is 0 Å². The summed E-state index contributed by atoms with van der Waals surface area (Å²) < 4.78 is 5.48. The highest BCUT2D eigenvalue weighted by atomic mass is 32.1. The highest BCUT2D eigenvalue weighted by Crippen LogP contribution is 2.27. The molecule has 172 valence electrons. The van der Waals surface area contributed by atoms with Gasteiger partial charge >= 0.3 is 0 Å². The number of aromatic nitrogens is 1. The molecule has 0 bridgehead atoms. The number of rotatable bonds is 8. The largest absolute Gasteiger partial charge is 0.494 e. The highest BCUT2D eigenvalue weighted by Gasteiger charge is 2.13. The molecule has 1 heterocycles. The van der Waals surface area contributed by atoms with E-state index in [-0.39, 0.29) is 18.2 Å². The van der Waals surface area contributed by atoms with Crippen LogP contribution in [0.3, 0.4) is 0 Å². The smallest absolute Gasteiger partial charge is 0.255 e. The van der Waals surface area contributed by atoms with Crippen LogP contribution in [0.5, 0.6) is 5.75 Å². The van der Waals surface area contributed by atoms with Crippen molar-refractivity contribution in [1.82, 2.24) is 4.98 Å². The first-order valence-corrected chi connectivity index (χ1v) is 11.8. The summed E-state index contributed by atoms with van der Waals surface area (Å²) in [5.74, 6) is 0.453. The Morgan fingerprint density at radius 1 is 0.912 bits per heavy atom. The summed E-state index contributed by atoms with van der Waals surface area (Å²) in [5, 5.41) is 8.61. The van der Waals surface area contributed by atoms with Gasteiger partial charge in [0.15, 0.2) is 0 Å². The van der Waals surface area contributed by atoms with Crippen LogP contribution in [0.25, 0.3) is 10.6 Å². The fourth-order valence-electron chi connectivity index (χ4n) is 3.43. The maximum Gasteiger partial charge on any atom is 0.255 e. The molecule has 4 aromatic rings. The van der Waals surface area contributed by atoms with E-state index in [4.69, 9.17) is 4.74 Å². The van der Waals surface area contributed by atoms with Gasteiger partial charge in [-0.1, -0.05) is 24.3 Å². The Kier molecular flexibility index (Phi) is 7.34. The molecule has 0 aliphatic rings. The summed E-state index contributed by atoms with van der Waals surface area (Å²) in [6.45, 7) is 4.44. The summed E-state index contributed by atoms with van der Waals surface area (Å²) in [6.07, 6.45) is 0.160. The molecule has 2 N–H and O–H groups in total. The van der Waals surface area contributed by atoms with Gasteiger partial charge < -0.3 is 15.4 Å². The minimum Gasteiger partial charge on any atom is -0.494 e. The molecule has 0 saturated heterocycles. The fourth-order valence-corrected chi connectivity index (χ4v) is 4.26. The number of hydrogen-bond donors (Lipinski definition) is 2. The lowest BCUT2D eigenvalue weighted by molar-refractivity contribution is -0.115. The van der Waals surface area contributed by atoms with Gasteiger partial charge in [0.25, 0.3) is 5.91 Å². The molecule has 0 fully saturated rings. The van der Waals surface area contributed by atoms with E-state index in [1.807, 2.05) is 73.8 Å². The number of nitrogens with zero attached hydrogens (tertiary/aromatic N) is 1. The van der Waals surface area contributed by atoms with E-state index < -0.39 is 0 Å². The van der Waals surface area contributed by atoms with Crippen LogP contribution in [0, 0.1) is 6.92 Å². The zero-order valence-electron chi connectivity index (χ0n) is 19.0. The van der Waals surface area contributed by atoms with Gasteiger partial charge in [-0.2, -0.15) is 0 Å². The van der Waals surface area contributed by atoms with Gasteiger partial charge in [-0.25, -0.2) is 4.98 Å². The van der Waals surface area contributed by atoms with Crippen LogP contribution in [-0.2, 0) is 11.2 Å². The molecule has 0 spiro atoms. The van der Waals surface area contributed by atoms with Gasteiger partial charge in [0.05, 0.1) is 18.7 Å². The van der Waals surface area contributed by atoms with Crippen LogP contribution < -0.4 is 15.4 Å². The number of carbonyl (C=O) groups excluding carboxylic acids is 2. The van der Waals surface area contributed by atoms with Crippen LogP contribution in [0.15, 0.2) is 78.2 Å². The average molecular weight is 472 g/mol. The number of carbonyl (C=O) groups is 2. The van der Waals surface area contributed by atoms with Crippen LogP contribution in [0.1, 0.15) is 28.5 Å². The second-order valence-electron chi connectivity index (χ2n) is 7.62. The highest BCUT2D eigenvalue weighted by molar-refractivity contribution is 7.13. The minimum absolute atomic E-state index is 0.160. The lowest BCUT2D eigenvalue weighted by Crippen LogP contribution is -2.17. The Balaban J connectivity index is 1.40. The summed E-state index contributed by atoms with van der Waals surface area (Å²) in [5.41, 5.74) is 4.35. The van der Waals surface area contributed by atoms with E-state index in [2.05, 4.69) is 15.6 Å². The second kappa shape index (κ2) is 10.8. The van der Waals surface area contributed by atoms with Gasteiger partial charge in [-0.3, -0.25) is 9.59 Å². The van der Waals surface area contributed by atoms with E-state index in [1.165, 1.54) is 11.3 Å². The average Bonchev–Trinajstić information content (AvgIpc) is 3.31. The van der Waals surface area contributed by atoms with Crippen molar-refractivity contribution in [2.75, 3.05) is 17.2 Å². The molecule has 6 nitrogen and oxygen atoms in total. The van der Waals surface area contributed by atoms with Crippen molar-refractivity contribution in [3.8, 4) is 16.3 Å². The maximum absolute atomic E-state index is 12.7. The maximum atomic E-state index is 12.7.